The van der Waals surface area contributed by atoms with Crippen LogP contribution in [0.1, 0.15) is 23.2 Å². The highest BCUT2D eigenvalue weighted by Crippen LogP contribution is 2.08. The molecule has 0 saturated carbocycles. The summed E-state index contributed by atoms with van der Waals surface area (Å²) < 4.78 is 0. The van der Waals surface area contributed by atoms with E-state index in [1.165, 1.54) is 0 Å². The second kappa shape index (κ2) is 5.63. The second-order valence-electron chi connectivity index (χ2n) is 3.80. The number of benzene rings is 1. The lowest BCUT2D eigenvalue weighted by Gasteiger charge is -2.20. The van der Waals surface area contributed by atoms with E-state index in [2.05, 4.69) is 5.32 Å². The Morgan fingerprint density at radius 1 is 1.31 bits per heavy atom. The zero-order valence-electron chi connectivity index (χ0n) is 9.02. The Balaban J connectivity index is 1.79. The molecule has 86 valence electrons. The van der Waals surface area contributed by atoms with Crippen molar-refractivity contribution < 1.29 is 14.6 Å². The maximum Gasteiger partial charge on any atom is 0.373 e. The topological polar surface area (TPSA) is 47.6 Å². The molecule has 1 N–H and O–H groups in total. The lowest BCUT2D eigenvalue weighted by atomic mass is 10.1. The number of nitrogens with one attached hydrogen (secondary N) is 1. The van der Waals surface area contributed by atoms with Gasteiger partial charge in [0.1, 0.15) is 6.10 Å². The highest BCUT2D eigenvalue weighted by Gasteiger charge is 2.17. The summed E-state index contributed by atoms with van der Waals surface area (Å²) in [6.45, 7) is 1.74. The smallest absolute Gasteiger partial charge is 0.314 e. The first kappa shape index (κ1) is 11.1. The molecule has 1 fully saturated rings. The third kappa shape index (κ3) is 3.05. The van der Waals surface area contributed by atoms with Crippen LogP contribution in [0.15, 0.2) is 30.3 Å². The fourth-order valence-electron chi connectivity index (χ4n) is 1.64. The van der Waals surface area contributed by atoms with Crippen molar-refractivity contribution in [3.8, 4) is 0 Å². The number of carbonyl (C=O) groups is 1. The van der Waals surface area contributed by atoms with Crippen LogP contribution < -0.4 is 5.32 Å². The van der Waals surface area contributed by atoms with Gasteiger partial charge in [0.15, 0.2) is 0 Å². The Hall–Kier alpha value is -1.39. The Labute approximate surface area is 94.5 Å². The molecular formula is C12H15NO3. The predicted octanol–water partition coefficient (Wildman–Crippen LogP) is 1.53. The number of hydrogen-bond donors (Lipinski definition) is 1. The first-order chi connectivity index (χ1) is 7.86. The summed E-state index contributed by atoms with van der Waals surface area (Å²) >= 11 is 0. The molecule has 16 heavy (non-hydrogen) atoms. The average Bonchev–Trinajstić information content (AvgIpc) is 2.38. The molecule has 1 aromatic carbocycles. The molecule has 1 aliphatic heterocycles. The molecule has 1 aromatic rings. The number of hydrogen-bond acceptors (Lipinski definition) is 4. The van der Waals surface area contributed by atoms with E-state index in [1.54, 1.807) is 24.3 Å². The number of piperidine rings is 1. The molecule has 0 spiro atoms. The zero-order valence-corrected chi connectivity index (χ0v) is 9.02. The van der Waals surface area contributed by atoms with Gasteiger partial charge >= 0.3 is 5.97 Å². The molecule has 4 heteroatoms. The molecule has 0 amide bonds. The van der Waals surface area contributed by atoms with Crippen molar-refractivity contribution in [1.82, 2.24) is 5.32 Å². The van der Waals surface area contributed by atoms with Crippen molar-refractivity contribution in [2.24, 2.45) is 0 Å². The van der Waals surface area contributed by atoms with Crippen molar-refractivity contribution in [1.29, 1.82) is 0 Å². The van der Waals surface area contributed by atoms with E-state index in [0.717, 1.165) is 25.9 Å². The van der Waals surface area contributed by atoms with E-state index in [-0.39, 0.29) is 6.10 Å². The monoisotopic (exact) mass is 221 g/mol. The van der Waals surface area contributed by atoms with E-state index in [9.17, 15) is 4.79 Å². The normalized spacial score (nSPS) is 20.4. The summed E-state index contributed by atoms with van der Waals surface area (Å²) in [6.07, 6.45) is 1.95. The van der Waals surface area contributed by atoms with Crippen molar-refractivity contribution in [3.63, 3.8) is 0 Å². The summed E-state index contributed by atoms with van der Waals surface area (Å²) in [5.41, 5.74) is 0.506. The van der Waals surface area contributed by atoms with Crippen LogP contribution in [0, 0.1) is 0 Å². The van der Waals surface area contributed by atoms with E-state index in [0.29, 0.717) is 5.56 Å². The van der Waals surface area contributed by atoms with Crippen molar-refractivity contribution in [2.75, 3.05) is 13.1 Å². The lowest BCUT2D eigenvalue weighted by Crippen LogP contribution is -2.35. The van der Waals surface area contributed by atoms with E-state index >= 15 is 0 Å². The van der Waals surface area contributed by atoms with Crippen molar-refractivity contribution in [3.05, 3.63) is 35.9 Å². The van der Waals surface area contributed by atoms with Gasteiger partial charge in [-0.05, 0) is 31.5 Å². The van der Waals surface area contributed by atoms with E-state index in [1.807, 2.05) is 6.07 Å². The van der Waals surface area contributed by atoms with Gasteiger partial charge < -0.3 is 5.32 Å². The minimum Gasteiger partial charge on any atom is -0.314 e. The van der Waals surface area contributed by atoms with E-state index in [4.69, 9.17) is 9.78 Å². The quantitative estimate of drug-likeness (QED) is 0.621. The summed E-state index contributed by atoms with van der Waals surface area (Å²) in [6, 6.07) is 8.83. The molecule has 1 atom stereocenters. The van der Waals surface area contributed by atoms with Crippen LogP contribution in [0.3, 0.4) is 0 Å². The molecule has 1 unspecified atom stereocenters. The highest BCUT2D eigenvalue weighted by atomic mass is 17.2. The Kier molecular flexibility index (Phi) is 3.91. The standard InChI is InChI=1S/C12H15NO3/c14-12(10-5-2-1-3-6-10)16-15-11-7-4-8-13-9-11/h1-3,5-6,11,13H,4,7-9H2. The summed E-state index contributed by atoms with van der Waals surface area (Å²) in [5, 5.41) is 3.18. The largest absolute Gasteiger partial charge is 0.373 e. The molecule has 4 nitrogen and oxygen atoms in total. The van der Waals surface area contributed by atoms with Crippen LogP contribution >= 0.6 is 0 Å². The fourth-order valence-corrected chi connectivity index (χ4v) is 1.64. The number of rotatable bonds is 3. The van der Waals surface area contributed by atoms with Crippen LogP contribution in [0.2, 0.25) is 0 Å². The molecule has 2 rings (SSSR count). The second-order valence-corrected chi connectivity index (χ2v) is 3.80. The lowest BCUT2D eigenvalue weighted by molar-refractivity contribution is -0.276. The fraction of sp³-hybridized carbons (Fsp3) is 0.417. The molecule has 0 aromatic heterocycles. The average molecular weight is 221 g/mol. The van der Waals surface area contributed by atoms with Crippen LogP contribution in [-0.4, -0.2) is 25.2 Å². The molecule has 0 aliphatic carbocycles. The van der Waals surface area contributed by atoms with Gasteiger partial charge in [-0.1, -0.05) is 18.2 Å². The summed E-state index contributed by atoms with van der Waals surface area (Å²) in [5.74, 6) is -0.439. The SMILES string of the molecule is O=C(OOC1CCCNC1)c1ccccc1. The third-order valence-electron chi connectivity index (χ3n) is 2.52. The first-order valence-corrected chi connectivity index (χ1v) is 5.49. The summed E-state index contributed by atoms with van der Waals surface area (Å²) in [7, 11) is 0. The molecule has 0 radical (unpaired) electrons. The highest BCUT2D eigenvalue weighted by molar-refractivity contribution is 5.88. The Bertz CT molecular complexity index is 333. The minimum absolute atomic E-state index is 0.0265. The first-order valence-electron chi connectivity index (χ1n) is 5.49. The Morgan fingerprint density at radius 2 is 2.12 bits per heavy atom. The van der Waals surface area contributed by atoms with Crippen LogP contribution in [0.4, 0.5) is 0 Å². The summed E-state index contributed by atoms with van der Waals surface area (Å²) in [4.78, 5) is 21.4. The molecule has 1 heterocycles. The predicted molar refractivity (Wildman–Crippen MR) is 58.8 cm³/mol. The van der Waals surface area contributed by atoms with Gasteiger partial charge in [0.05, 0.1) is 5.56 Å². The van der Waals surface area contributed by atoms with Gasteiger partial charge in [-0.2, -0.15) is 4.89 Å². The zero-order chi connectivity index (χ0) is 11.2. The molecule has 1 aliphatic rings. The van der Waals surface area contributed by atoms with Crippen LogP contribution in [0.25, 0.3) is 0 Å². The molecule has 1 saturated heterocycles. The Morgan fingerprint density at radius 3 is 2.81 bits per heavy atom. The van der Waals surface area contributed by atoms with Gasteiger partial charge in [-0.3, -0.25) is 4.89 Å². The van der Waals surface area contributed by atoms with Gasteiger partial charge in [0.25, 0.3) is 0 Å². The third-order valence-corrected chi connectivity index (χ3v) is 2.52. The molecule has 0 bridgehead atoms. The minimum atomic E-state index is -0.439. The van der Waals surface area contributed by atoms with Crippen LogP contribution in [0.5, 0.6) is 0 Å². The molecular weight excluding hydrogens is 206 g/mol. The van der Waals surface area contributed by atoms with Gasteiger partial charge in [0.2, 0.25) is 0 Å². The maximum atomic E-state index is 11.5. The van der Waals surface area contributed by atoms with Gasteiger partial charge in [-0.25, -0.2) is 4.79 Å². The van der Waals surface area contributed by atoms with E-state index < -0.39 is 5.97 Å². The van der Waals surface area contributed by atoms with Gasteiger partial charge in [0, 0.05) is 6.54 Å². The van der Waals surface area contributed by atoms with Crippen molar-refractivity contribution in [2.45, 2.75) is 18.9 Å². The van der Waals surface area contributed by atoms with Crippen molar-refractivity contribution >= 4 is 5.97 Å². The van der Waals surface area contributed by atoms with Crippen LogP contribution in [-0.2, 0) is 9.78 Å². The maximum absolute atomic E-state index is 11.5. The number of carbonyl (C=O) groups excluding carboxylic acids is 1. The van der Waals surface area contributed by atoms with Gasteiger partial charge in [-0.15, -0.1) is 0 Å².